The fraction of sp³-hybridized carbons (Fsp3) is 0.0154. The second kappa shape index (κ2) is 15.1. The van der Waals surface area contributed by atoms with Gasteiger partial charge in [-0.3, -0.25) is 0 Å². The molecule has 1 unspecified atom stereocenters. The van der Waals surface area contributed by atoms with Crippen molar-refractivity contribution in [3.05, 3.63) is 247 Å². The van der Waals surface area contributed by atoms with E-state index in [4.69, 9.17) is 14.4 Å². The highest BCUT2D eigenvalue weighted by Gasteiger charge is 2.26. The van der Waals surface area contributed by atoms with E-state index in [1.54, 1.807) is 0 Å². The lowest BCUT2D eigenvalue weighted by molar-refractivity contribution is 0.669. The first-order valence-corrected chi connectivity index (χ1v) is 23.9. The van der Waals surface area contributed by atoms with E-state index in [1.807, 2.05) is 12.1 Å². The van der Waals surface area contributed by atoms with Gasteiger partial charge in [0.15, 0.2) is 5.84 Å². The van der Waals surface area contributed by atoms with Gasteiger partial charge in [-0.05, 0) is 126 Å². The molecule has 0 amide bonds. The van der Waals surface area contributed by atoms with E-state index < -0.39 is 6.17 Å². The summed E-state index contributed by atoms with van der Waals surface area (Å²) in [5.41, 5.74) is 10.2. The number of nitrogens with zero attached hydrogens (tertiary/aromatic N) is 3. The minimum atomic E-state index is -0.437. The molecule has 0 saturated heterocycles. The van der Waals surface area contributed by atoms with E-state index in [2.05, 4.69) is 228 Å². The Morgan fingerprint density at radius 1 is 0.386 bits per heavy atom. The number of hydrogen-bond acceptors (Lipinski definition) is 4. The van der Waals surface area contributed by atoms with Crippen LogP contribution >= 0.6 is 0 Å². The van der Waals surface area contributed by atoms with Gasteiger partial charge >= 0.3 is 0 Å². The molecule has 3 heterocycles. The summed E-state index contributed by atoms with van der Waals surface area (Å²) in [5.74, 6) is 1.43. The molecule has 15 rings (SSSR count). The molecule has 0 radical (unpaired) electrons. The molecule has 5 nitrogen and oxygen atoms in total. The second-order valence-electron chi connectivity index (χ2n) is 18.5. The normalized spacial score (nSPS) is 14.1. The summed E-state index contributed by atoms with van der Waals surface area (Å²) in [5, 5.41) is 20.4. The first kappa shape index (κ1) is 38.8. The van der Waals surface area contributed by atoms with Gasteiger partial charge in [-0.2, -0.15) is 0 Å². The summed E-state index contributed by atoms with van der Waals surface area (Å²) in [6, 6.07) is 83.0. The van der Waals surface area contributed by atoms with Crippen molar-refractivity contribution in [3.8, 4) is 16.8 Å². The standard InChI is InChI=1S/C65H40N4O/c1-2-15-40-34-44(29-28-39(40)14-1)63-66-64(68-65(67-63)54-25-13-24-52-48-19-6-5-18-46(48)47-20-7-8-23-51(47)62(52)54)53-32-31-45(38-55(53)43-30-33-61-57(36-43)50-22-10-12-27-60(50)70-61)69-58-26-11-9-21-49(58)56-35-41-16-3-4-17-42(41)37-59(56)69/h1-38,63H,(H,66,67,68). The molecular weight excluding hydrogens is 853 g/mol. The Morgan fingerprint density at radius 3 is 1.81 bits per heavy atom. The minimum absolute atomic E-state index is 0.437. The van der Waals surface area contributed by atoms with Crippen LogP contribution in [-0.2, 0) is 0 Å². The number of aliphatic imine (C=N–C) groups is 2. The van der Waals surface area contributed by atoms with Crippen LogP contribution in [0, 0.1) is 0 Å². The average molecular weight is 893 g/mol. The molecule has 326 valence electrons. The van der Waals surface area contributed by atoms with E-state index in [0.29, 0.717) is 5.84 Å². The number of amidine groups is 2. The van der Waals surface area contributed by atoms with Gasteiger partial charge in [0.25, 0.3) is 0 Å². The number of para-hydroxylation sites is 2. The molecule has 0 spiro atoms. The molecule has 1 aliphatic heterocycles. The fourth-order valence-electron chi connectivity index (χ4n) is 11.3. The first-order valence-electron chi connectivity index (χ1n) is 23.9. The molecular formula is C65H40N4O. The van der Waals surface area contributed by atoms with Crippen molar-refractivity contribution < 1.29 is 4.42 Å². The summed E-state index contributed by atoms with van der Waals surface area (Å²) in [6.07, 6.45) is -0.437. The molecule has 14 aromatic rings. The number of benzene rings is 12. The Morgan fingerprint density at radius 2 is 1.01 bits per heavy atom. The summed E-state index contributed by atoms with van der Waals surface area (Å²) in [6.45, 7) is 0. The quantitative estimate of drug-likeness (QED) is 0.175. The van der Waals surface area contributed by atoms with Crippen molar-refractivity contribution in [2.24, 2.45) is 9.98 Å². The monoisotopic (exact) mass is 892 g/mol. The van der Waals surface area contributed by atoms with Gasteiger partial charge < -0.3 is 14.3 Å². The Hall–Kier alpha value is -9.32. The highest BCUT2D eigenvalue weighted by molar-refractivity contribution is 6.31. The number of aromatic nitrogens is 1. The number of hydrogen-bond donors (Lipinski definition) is 1. The molecule has 1 N–H and O–H groups in total. The maximum Gasteiger partial charge on any atom is 0.160 e. The SMILES string of the molecule is c1ccc2cc(C3N=C(c4ccc(-n5c6ccccc6c6cc7ccccc7cc65)cc4-c4ccc5oc6ccccc6c5c4)N=C(c4cccc5c6ccccc6c6ccccc6c45)N3)ccc2c1. The van der Waals surface area contributed by atoms with Gasteiger partial charge in [0, 0.05) is 43.7 Å². The fourth-order valence-corrected chi connectivity index (χ4v) is 11.3. The van der Waals surface area contributed by atoms with Crippen LogP contribution in [0.2, 0.25) is 0 Å². The van der Waals surface area contributed by atoms with Crippen molar-refractivity contribution in [1.82, 2.24) is 9.88 Å². The van der Waals surface area contributed by atoms with Crippen LogP contribution in [0.4, 0.5) is 0 Å². The first-order chi connectivity index (χ1) is 34.7. The van der Waals surface area contributed by atoms with Crippen LogP contribution in [-0.4, -0.2) is 16.2 Å². The lowest BCUT2D eigenvalue weighted by Crippen LogP contribution is -2.34. The maximum atomic E-state index is 6.40. The van der Waals surface area contributed by atoms with Crippen LogP contribution in [0.25, 0.3) is 114 Å². The van der Waals surface area contributed by atoms with Gasteiger partial charge in [0.05, 0.1) is 11.0 Å². The molecule has 0 bridgehead atoms. The zero-order valence-corrected chi connectivity index (χ0v) is 37.8. The average Bonchev–Trinajstić information content (AvgIpc) is 3.96. The smallest absolute Gasteiger partial charge is 0.160 e. The van der Waals surface area contributed by atoms with Crippen LogP contribution in [0.1, 0.15) is 22.9 Å². The van der Waals surface area contributed by atoms with Crippen molar-refractivity contribution in [3.63, 3.8) is 0 Å². The molecule has 0 saturated carbocycles. The van der Waals surface area contributed by atoms with Crippen LogP contribution in [0.5, 0.6) is 0 Å². The molecule has 1 aliphatic rings. The highest BCUT2D eigenvalue weighted by atomic mass is 16.3. The van der Waals surface area contributed by atoms with Gasteiger partial charge in [-0.25, -0.2) is 9.98 Å². The number of fused-ring (bicyclic) bond motifs is 14. The van der Waals surface area contributed by atoms with Gasteiger partial charge in [0.2, 0.25) is 0 Å². The van der Waals surface area contributed by atoms with E-state index in [0.717, 1.165) is 83.1 Å². The molecule has 12 aromatic carbocycles. The van der Waals surface area contributed by atoms with Crippen LogP contribution < -0.4 is 5.32 Å². The minimum Gasteiger partial charge on any atom is -0.456 e. The predicted octanol–water partition coefficient (Wildman–Crippen LogP) is 16.6. The van der Waals surface area contributed by atoms with E-state index >= 15 is 0 Å². The van der Waals surface area contributed by atoms with Crippen molar-refractivity contribution in [1.29, 1.82) is 0 Å². The summed E-state index contributed by atoms with van der Waals surface area (Å²) in [7, 11) is 0. The topological polar surface area (TPSA) is 54.8 Å². The largest absolute Gasteiger partial charge is 0.456 e. The van der Waals surface area contributed by atoms with E-state index in [1.165, 1.54) is 53.9 Å². The maximum absolute atomic E-state index is 6.40. The van der Waals surface area contributed by atoms with Gasteiger partial charge in [0.1, 0.15) is 23.2 Å². The molecule has 5 heteroatoms. The van der Waals surface area contributed by atoms with Crippen LogP contribution in [0.3, 0.4) is 0 Å². The third kappa shape index (κ3) is 5.91. The number of nitrogens with one attached hydrogen (secondary N) is 1. The van der Waals surface area contributed by atoms with Crippen molar-refractivity contribution >= 4 is 109 Å². The predicted molar refractivity (Wildman–Crippen MR) is 293 cm³/mol. The van der Waals surface area contributed by atoms with Crippen molar-refractivity contribution in [2.75, 3.05) is 0 Å². The Kier molecular flexibility index (Phi) is 8.36. The van der Waals surface area contributed by atoms with E-state index in [9.17, 15) is 0 Å². The summed E-state index contributed by atoms with van der Waals surface area (Å²) < 4.78 is 8.81. The third-order valence-electron chi connectivity index (χ3n) is 14.6. The van der Waals surface area contributed by atoms with Crippen molar-refractivity contribution in [2.45, 2.75) is 6.17 Å². The van der Waals surface area contributed by atoms with Crippen LogP contribution in [0.15, 0.2) is 245 Å². The summed E-state index contributed by atoms with van der Waals surface area (Å²) >= 11 is 0. The lowest BCUT2D eigenvalue weighted by atomic mass is 9.91. The Bertz CT molecular complexity index is 4550. The zero-order chi connectivity index (χ0) is 45.9. The Balaban J connectivity index is 1.01. The molecule has 70 heavy (non-hydrogen) atoms. The third-order valence-corrected chi connectivity index (χ3v) is 14.6. The molecule has 2 aromatic heterocycles. The molecule has 1 atom stereocenters. The summed E-state index contributed by atoms with van der Waals surface area (Å²) in [4.78, 5) is 11.2. The van der Waals surface area contributed by atoms with E-state index in [-0.39, 0.29) is 0 Å². The van der Waals surface area contributed by atoms with Gasteiger partial charge in [-0.15, -0.1) is 0 Å². The number of rotatable bonds is 5. The lowest BCUT2D eigenvalue weighted by Gasteiger charge is -2.26. The molecule has 0 fully saturated rings. The van der Waals surface area contributed by atoms with Gasteiger partial charge in [-0.1, -0.05) is 170 Å². The highest BCUT2D eigenvalue weighted by Crippen LogP contribution is 2.41. The Labute approximate surface area is 401 Å². The number of furan rings is 1. The second-order valence-corrected chi connectivity index (χ2v) is 18.5. The zero-order valence-electron chi connectivity index (χ0n) is 37.8. The molecule has 0 aliphatic carbocycles.